The summed E-state index contributed by atoms with van der Waals surface area (Å²) in [5, 5.41) is 4.38. The number of benzene rings is 1. The molecule has 0 aliphatic heterocycles. The van der Waals surface area contributed by atoms with E-state index >= 15 is 0 Å². The molecule has 96 valence electrons. The number of aromatic nitrogens is 2. The van der Waals surface area contributed by atoms with Crippen LogP contribution in [-0.2, 0) is 19.2 Å². The number of nitrogen functional groups attached to an aromatic ring is 1. The molecule has 2 aromatic rings. The Hall–Kier alpha value is -1.49. The molecule has 5 heteroatoms. The topological polar surface area (TPSA) is 43.8 Å². The smallest absolute Gasteiger partial charge is 0.124 e. The Balaban J connectivity index is 2.11. The number of hydrogen-bond acceptors (Lipinski definition) is 3. The summed E-state index contributed by atoms with van der Waals surface area (Å²) in [6, 6.07) is 6.51. The van der Waals surface area contributed by atoms with Crippen LogP contribution in [0.2, 0.25) is 0 Å². The van der Waals surface area contributed by atoms with Gasteiger partial charge < -0.3 is 5.73 Å². The van der Waals surface area contributed by atoms with Crippen molar-refractivity contribution in [1.29, 1.82) is 0 Å². The zero-order chi connectivity index (χ0) is 13.1. The van der Waals surface area contributed by atoms with Crippen LogP contribution in [0.15, 0.2) is 29.2 Å². The molecular weight excluding hydrogens is 249 g/mol. The number of hydrogen-bond donors (Lipinski definition) is 1. The molecule has 0 bridgehead atoms. The van der Waals surface area contributed by atoms with Gasteiger partial charge in [-0.1, -0.05) is 6.92 Å². The van der Waals surface area contributed by atoms with Crippen molar-refractivity contribution in [2.75, 3.05) is 5.73 Å². The van der Waals surface area contributed by atoms with Crippen molar-refractivity contribution in [1.82, 2.24) is 9.78 Å². The van der Waals surface area contributed by atoms with Crippen molar-refractivity contribution in [3.8, 4) is 0 Å². The third-order valence-electron chi connectivity index (χ3n) is 2.74. The molecule has 0 atom stereocenters. The minimum Gasteiger partial charge on any atom is -0.398 e. The van der Waals surface area contributed by atoms with Crippen LogP contribution in [0.1, 0.15) is 18.3 Å². The monoisotopic (exact) mass is 265 g/mol. The maximum atomic E-state index is 13.1. The highest BCUT2D eigenvalue weighted by atomic mass is 32.2. The molecule has 0 aliphatic rings. The Morgan fingerprint density at radius 2 is 2.17 bits per heavy atom. The molecule has 0 saturated carbocycles. The molecule has 1 aromatic heterocycles. The highest BCUT2D eigenvalue weighted by molar-refractivity contribution is 7.98. The van der Waals surface area contributed by atoms with Gasteiger partial charge in [0.05, 0.1) is 5.69 Å². The highest BCUT2D eigenvalue weighted by Gasteiger charge is 2.07. The van der Waals surface area contributed by atoms with Crippen LogP contribution < -0.4 is 5.73 Å². The Morgan fingerprint density at radius 3 is 2.83 bits per heavy atom. The van der Waals surface area contributed by atoms with Gasteiger partial charge in [-0.05, 0) is 30.7 Å². The first kappa shape index (κ1) is 13.0. The van der Waals surface area contributed by atoms with E-state index in [1.54, 1.807) is 6.07 Å². The zero-order valence-corrected chi connectivity index (χ0v) is 11.3. The van der Waals surface area contributed by atoms with Crippen LogP contribution in [0.25, 0.3) is 0 Å². The second-order valence-electron chi connectivity index (χ2n) is 4.07. The summed E-state index contributed by atoms with van der Waals surface area (Å²) >= 11 is 1.53. The molecular formula is C13H16FN3S. The van der Waals surface area contributed by atoms with E-state index in [1.165, 1.54) is 23.9 Å². The van der Waals surface area contributed by atoms with Crippen LogP contribution >= 0.6 is 11.8 Å². The Kier molecular flexibility index (Phi) is 3.91. The van der Waals surface area contributed by atoms with Gasteiger partial charge in [0.15, 0.2) is 0 Å². The van der Waals surface area contributed by atoms with Crippen molar-refractivity contribution in [2.24, 2.45) is 7.05 Å². The first-order valence-corrected chi connectivity index (χ1v) is 6.78. The predicted octanol–water partition coefficient (Wildman–Crippen LogP) is 3.00. The molecule has 3 nitrogen and oxygen atoms in total. The molecule has 0 aliphatic carbocycles. The summed E-state index contributed by atoms with van der Waals surface area (Å²) in [7, 11) is 1.92. The fraction of sp³-hybridized carbons (Fsp3) is 0.308. The summed E-state index contributed by atoms with van der Waals surface area (Å²) in [4.78, 5) is 0.772. The standard InChI is InChI=1S/C13H16FN3S/c1-3-10-7-11(17(2)16-10)8-18-13-6-9(14)4-5-12(13)15/h4-7H,3,8,15H2,1-2H3. The van der Waals surface area contributed by atoms with E-state index in [9.17, 15) is 4.39 Å². The second-order valence-corrected chi connectivity index (χ2v) is 5.09. The van der Waals surface area contributed by atoms with Crippen LogP contribution in [0, 0.1) is 5.82 Å². The molecule has 0 unspecified atom stereocenters. The number of nitrogens with zero attached hydrogens (tertiary/aromatic N) is 2. The van der Waals surface area contributed by atoms with Crippen LogP contribution in [0.4, 0.5) is 10.1 Å². The molecule has 0 amide bonds. The van der Waals surface area contributed by atoms with E-state index in [4.69, 9.17) is 5.73 Å². The van der Waals surface area contributed by atoms with E-state index in [2.05, 4.69) is 18.1 Å². The van der Waals surface area contributed by atoms with Gasteiger partial charge in [-0.3, -0.25) is 4.68 Å². The SMILES string of the molecule is CCc1cc(CSc2cc(F)ccc2N)n(C)n1. The van der Waals surface area contributed by atoms with Gasteiger partial charge in [-0.25, -0.2) is 4.39 Å². The number of rotatable bonds is 4. The van der Waals surface area contributed by atoms with E-state index in [0.717, 1.165) is 28.5 Å². The minimum atomic E-state index is -0.258. The van der Waals surface area contributed by atoms with Crippen molar-refractivity contribution < 1.29 is 4.39 Å². The maximum absolute atomic E-state index is 13.1. The molecule has 0 spiro atoms. The number of anilines is 1. The predicted molar refractivity (Wildman–Crippen MR) is 73.0 cm³/mol. The Bertz CT molecular complexity index is 551. The van der Waals surface area contributed by atoms with Gasteiger partial charge in [0.1, 0.15) is 5.82 Å². The summed E-state index contributed by atoms with van der Waals surface area (Å²) in [5.41, 5.74) is 8.60. The number of halogens is 1. The van der Waals surface area contributed by atoms with Crippen LogP contribution in [0.5, 0.6) is 0 Å². The zero-order valence-electron chi connectivity index (χ0n) is 10.5. The third kappa shape index (κ3) is 2.85. The maximum Gasteiger partial charge on any atom is 0.124 e. The summed E-state index contributed by atoms with van der Waals surface area (Å²) in [5.74, 6) is 0.475. The van der Waals surface area contributed by atoms with Gasteiger partial charge in [-0.2, -0.15) is 5.10 Å². The average Bonchev–Trinajstić information content (AvgIpc) is 2.71. The van der Waals surface area contributed by atoms with Crippen LogP contribution in [-0.4, -0.2) is 9.78 Å². The van der Waals surface area contributed by atoms with E-state index in [0.29, 0.717) is 5.69 Å². The molecule has 0 radical (unpaired) electrons. The number of thioether (sulfide) groups is 1. The lowest BCUT2D eigenvalue weighted by molar-refractivity contribution is 0.624. The highest BCUT2D eigenvalue weighted by Crippen LogP contribution is 2.28. The summed E-state index contributed by atoms with van der Waals surface area (Å²) < 4.78 is 15.0. The quantitative estimate of drug-likeness (QED) is 0.682. The molecule has 2 N–H and O–H groups in total. The summed E-state index contributed by atoms with van der Waals surface area (Å²) in [6.45, 7) is 2.07. The molecule has 18 heavy (non-hydrogen) atoms. The lowest BCUT2D eigenvalue weighted by Crippen LogP contribution is -1.97. The molecule has 0 saturated heterocycles. The van der Waals surface area contributed by atoms with Crippen molar-refractivity contribution in [3.63, 3.8) is 0 Å². The van der Waals surface area contributed by atoms with E-state index in [1.807, 2.05) is 11.7 Å². The Labute approximate surface area is 110 Å². The van der Waals surface area contributed by atoms with Crippen molar-refractivity contribution in [3.05, 3.63) is 41.5 Å². The molecule has 1 heterocycles. The van der Waals surface area contributed by atoms with Gasteiger partial charge in [-0.15, -0.1) is 11.8 Å². The van der Waals surface area contributed by atoms with E-state index in [-0.39, 0.29) is 5.82 Å². The van der Waals surface area contributed by atoms with Gasteiger partial charge in [0.2, 0.25) is 0 Å². The van der Waals surface area contributed by atoms with Gasteiger partial charge in [0.25, 0.3) is 0 Å². The largest absolute Gasteiger partial charge is 0.398 e. The Morgan fingerprint density at radius 1 is 1.39 bits per heavy atom. The fourth-order valence-corrected chi connectivity index (χ4v) is 2.67. The first-order valence-electron chi connectivity index (χ1n) is 5.79. The normalized spacial score (nSPS) is 10.8. The van der Waals surface area contributed by atoms with Crippen LogP contribution in [0.3, 0.4) is 0 Å². The second kappa shape index (κ2) is 5.44. The minimum absolute atomic E-state index is 0.258. The molecule has 0 fully saturated rings. The number of nitrogens with two attached hydrogens (primary N) is 1. The van der Waals surface area contributed by atoms with Crippen molar-refractivity contribution >= 4 is 17.4 Å². The molecule has 1 aromatic carbocycles. The molecule has 2 rings (SSSR count). The number of aryl methyl sites for hydroxylation is 2. The summed E-state index contributed by atoms with van der Waals surface area (Å²) in [6.07, 6.45) is 0.917. The average molecular weight is 265 g/mol. The lowest BCUT2D eigenvalue weighted by Gasteiger charge is -2.05. The first-order chi connectivity index (χ1) is 8.60. The third-order valence-corrected chi connectivity index (χ3v) is 3.85. The van der Waals surface area contributed by atoms with Gasteiger partial charge in [0, 0.05) is 29.1 Å². The lowest BCUT2D eigenvalue weighted by atomic mass is 10.3. The van der Waals surface area contributed by atoms with E-state index < -0.39 is 0 Å². The fourth-order valence-electron chi connectivity index (χ4n) is 1.66. The van der Waals surface area contributed by atoms with Gasteiger partial charge >= 0.3 is 0 Å². The van der Waals surface area contributed by atoms with Crippen molar-refractivity contribution in [2.45, 2.75) is 24.0 Å².